The molecule has 1 aliphatic carbocycles. The summed E-state index contributed by atoms with van der Waals surface area (Å²) in [5.74, 6) is 0. The maximum Gasteiger partial charge on any atom is 0.0462 e. The van der Waals surface area contributed by atoms with Gasteiger partial charge in [-0.05, 0) is 132 Å². The second-order valence-corrected chi connectivity index (χ2v) is 14.5. The number of benzene rings is 9. The Morgan fingerprint density at radius 1 is 0.411 bits per heavy atom. The molecule has 0 aliphatic heterocycles. The first kappa shape index (κ1) is 33.2. The summed E-state index contributed by atoms with van der Waals surface area (Å²) in [4.78, 5) is 2.23. The van der Waals surface area contributed by atoms with E-state index in [-0.39, 0.29) is 0 Å². The van der Waals surface area contributed by atoms with E-state index in [2.05, 4.69) is 169 Å². The average molecular weight is 716 g/mol. The second-order valence-electron chi connectivity index (χ2n) is 14.5. The molecule has 10 rings (SSSR count). The van der Waals surface area contributed by atoms with E-state index >= 15 is 0 Å². The van der Waals surface area contributed by atoms with Crippen LogP contribution in [-0.4, -0.2) is 11.9 Å². The van der Waals surface area contributed by atoms with E-state index < -0.39 is 0 Å². The normalized spacial score (nSPS) is 11.4. The Bertz CT molecular complexity index is 2870. The molecule has 264 valence electrons. The van der Waals surface area contributed by atoms with E-state index in [1.807, 2.05) is 31.2 Å². The summed E-state index contributed by atoms with van der Waals surface area (Å²) >= 11 is 0. The van der Waals surface area contributed by atoms with Gasteiger partial charge in [0.25, 0.3) is 0 Å². The van der Waals surface area contributed by atoms with Gasteiger partial charge in [0.15, 0.2) is 0 Å². The highest BCUT2D eigenvalue weighted by Gasteiger charge is 2.31. The molecule has 1 aliphatic rings. The van der Waals surface area contributed by atoms with Crippen molar-refractivity contribution in [3.05, 3.63) is 199 Å². The van der Waals surface area contributed by atoms with E-state index in [9.17, 15) is 0 Å². The van der Waals surface area contributed by atoms with Crippen molar-refractivity contribution in [3.63, 3.8) is 0 Å². The third-order valence-corrected chi connectivity index (χ3v) is 11.2. The maximum atomic E-state index is 8.12. The molecule has 3 heteroatoms. The van der Waals surface area contributed by atoms with E-state index in [0.717, 1.165) is 33.8 Å². The molecule has 3 nitrogen and oxygen atoms in total. The fraction of sp³-hybridized carbons (Fsp3) is 0.0189. The summed E-state index contributed by atoms with van der Waals surface area (Å²) in [5, 5.41) is 20.9. The van der Waals surface area contributed by atoms with Crippen LogP contribution in [0.1, 0.15) is 18.1 Å². The Morgan fingerprint density at radius 2 is 0.875 bits per heavy atom. The molecular weight excluding hydrogens is 679 g/mol. The molecule has 0 spiro atoms. The summed E-state index contributed by atoms with van der Waals surface area (Å²) in [6.45, 7) is 1.81. The van der Waals surface area contributed by atoms with Crippen LogP contribution in [0.3, 0.4) is 0 Å². The maximum absolute atomic E-state index is 8.12. The van der Waals surface area contributed by atoms with Crippen LogP contribution in [0, 0.1) is 10.8 Å². The predicted octanol–water partition coefficient (Wildman–Crippen LogP) is 14.5. The van der Waals surface area contributed by atoms with Gasteiger partial charge in [-0.2, -0.15) is 0 Å². The highest BCUT2D eigenvalue weighted by Crippen LogP contribution is 2.58. The summed E-state index contributed by atoms with van der Waals surface area (Å²) < 4.78 is 0. The van der Waals surface area contributed by atoms with Gasteiger partial charge in [0.05, 0.1) is 0 Å². The van der Waals surface area contributed by atoms with Crippen molar-refractivity contribution in [2.75, 3.05) is 4.90 Å². The number of rotatable bonds is 8. The molecular formula is C53H37N3. The van der Waals surface area contributed by atoms with Crippen molar-refractivity contribution in [1.82, 2.24) is 0 Å². The largest absolute Gasteiger partial charge is 0.311 e. The summed E-state index contributed by atoms with van der Waals surface area (Å²) in [5.41, 5.74) is 17.8. The molecule has 0 bridgehead atoms. The molecule has 0 saturated heterocycles. The molecule has 9 aromatic carbocycles. The van der Waals surface area contributed by atoms with E-state index in [4.69, 9.17) is 10.8 Å². The fourth-order valence-corrected chi connectivity index (χ4v) is 8.68. The molecule has 0 radical (unpaired) electrons. The molecule has 0 fully saturated rings. The SMILES string of the molecule is CC(=N)c1ccc(N(c2ccc(C=N)cc2)c2ccc(-c3ccc4c5c(cccc35)-c3c-4c(-c4ccccc4)c4ccccc4c3-c3ccccc3)cc2)cc1. The number of hydrogen-bond acceptors (Lipinski definition) is 3. The van der Waals surface area contributed by atoms with Gasteiger partial charge >= 0.3 is 0 Å². The second kappa shape index (κ2) is 13.5. The minimum absolute atomic E-state index is 0.539. The van der Waals surface area contributed by atoms with Crippen LogP contribution >= 0.6 is 0 Å². The van der Waals surface area contributed by atoms with Crippen molar-refractivity contribution in [2.24, 2.45) is 0 Å². The number of nitrogens with one attached hydrogen (secondary N) is 2. The van der Waals surface area contributed by atoms with Crippen LogP contribution in [-0.2, 0) is 0 Å². The fourth-order valence-electron chi connectivity index (χ4n) is 8.68. The monoisotopic (exact) mass is 715 g/mol. The Labute approximate surface area is 326 Å². The minimum Gasteiger partial charge on any atom is -0.311 e. The van der Waals surface area contributed by atoms with Gasteiger partial charge in [-0.1, -0.05) is 152 Å². The van der Waals surface area contributed by atoms with Gasteiger partial charge in [0.2, 0.25) is 0 Å². The molecule has 0 saturated carbocycles. The van der Waals surface area contributed by atoms with Crippen LogP contribution in [0.2, 0.25) is 0 Å². The molecule has 9 aromatic rings. The zero-order valence-electron chi connectivity index (χ0n) is 30.9. The first-order valence-electron chi connectivity index (χ1n) is 19.0. The number of anilines is 3. The number of fused-ring (bicyclic) bond motifs is 4. The van der Waals surface area contributed by atoms with Crippen LogP contribution < -0.4 is 4.90 Å². The lowest BCUT2D eigenvalue weighted by atomic mass is 9.82. The van der Waals surface area contributed by atoms with Gasteiger partial charge < -0.3 is 15.7 Å². The molecule has 56 heavy (non-hydrogen) atoms. The smallest absolute Gasteiger partial charge is 0.0462 e. The molecule has 0 aromatic heterocycles. The van der Waals surface area contributed by atoms with E-state index in [1.165, 1.54) is 77.8 Å². The summed E-state index contributed by atoms with van der Waals surface area (Å²) in [6, 6.07) is 67.2. The van der Waals surface area contributed by atoms with Crippen LogP contribution in [0.15, 0.2) is 188 Å². The summed E-state index contributed by atoms with van der Waals surface area (Å²) in [7, 11) is 0. The standard InChI is InChI=1S/C53H37N3/c1-34(55)36-21-27-41(28-22-36)56(40-25-19-35(33-54)20-26-40)42-29-23-37(24-30-42)43-31-32-48-51-44(43)17-10-18-47(51)52-49(38-11-4-2-5-12-38)45-15-8-9-16-46(45)50(53(48)52)39-13-6-3-7-14-39/h2-33,54-55H,1H3. The molecule has 2 N–H and O–H groups in total. The minimum atomic E-state index is 0.539. The Kier molecular flexibility index (Phi) is 8.01. The quantitative estimate of drug-likeness (QED) is 0.151. The third-order valence-electron chi connectivity index (χ3n) is 11.2. The zero-order chi connectivity index (χ0) is 37.8. The topological polar surface area (TPSA) is 50.9 Å². The Hall–Kier alpha value is -7.36. The highest BCUT2D eigenvalue weighted by molar-refractivity contribution is 6.28. The van der Waals surface area contributed by atoms with Crippen LogP contribution in [0.5, 0.6) is 0 Å². The van der Waals surface area contributed by atoms with E-state index in [1.54, 1.807) is 0 Å². The predicted molar refractivity (Wildman–Crippen MR) is 237 cm³/mol. The van der Waals surface area contributed by atoms with Gasteiger partial charge in [0, 0.05) is 29.0 Å². The molecule has 0 amide bonds. The summed E-state index contributed by atoms with van der Waals surface area (Å²) in [6.07, 6.45) is 1.37. The lowest BCUT2D eigenvalue weighted by Gasteiger charge is -2.26. The van der Waals surface area contributed by atoms with Crippen molar-refractivity contribution < 1.29 is 0 Å². The average Bonchev–Trinajstić information content (AvgIpc) is 3.59. The van der Waals surface area contributed by atoms with Gasteiger partial charge in [0.1, 0.15) is 0 Å². The van der Waals surface area contributed by atoms with Crippen molar-refractivity contribution >= 4 is 50.5 Å². The lowest BCUT2D eigenvalue weighted by molar-refractivity contribution is 1.28. The molecule has 0 heterocycles. The van der Waals surface area contributed by atoms with Crippen molar-refractivity contribution in [2.45, 2.75) is 6.92 Å². The first-order chi connectivity index (χ1) is 27.6. The highest BCUT2D eigenvalue weighted by atomic mass is 15.1. The molecule has 0 unspecified atom stereocenters. The number of nitrogens with zero attached hydrogens (tertiary/aromatic N) is 1. The number of hydrogen-bond donors (Lipinski definition) is 2. The van der Waals surface area contributed by atoms with Crippen molar-refractivity contribution in [1.29, 1.82) is 10.8 Å². The zero-order valence-corrected chi connectivity index (χ0v) is 30.9. The van der Waals surface area contributed by atoms with Crippen molar-refractivity contribution in [3.8, 4) is 55.6 Å². The van der Waals surface area contributed by atoms with Crippen LogP contribution in [0.25, 0.3) is 77.2 Å². The van der Waals surface area contributed by atoms with Gasteiger partial charge in [-0.15, -0.1) is 0 Å². The Morgan fingerprint density at radius 3 is 1.41 bits per heavy atom. The van der Waals surface area contributed by atoms with Gasteiger partial charge in [-0.3, -0.25) is 0 Å². The third kappa shape index (κ3) is 5.36. The van der Waals surface area contributed by atoms with Gasteiger partial charge in [-0.25, -0.2) is 0 Å². The lowest BCUT2D eigenvalue weighted by Crippen LogP contribution is -2.10. The van der Waals surface area contributed by atoms with Crippen LogP contribution in [0.4, 0.5) is 17.1 Å². The molecule has 0 atom stereocenters. The first-order valence-corrected chi connectivity index (χ1v) is 19.0. The van der Waals surface area contributed by atoms with E-state index in [0.29, 0.717) is 5.71 Å². The Balaban J connectivity index is 1.15.